The Morgan fingerprint density at radius 3 is 2.58 bits per heavy atom. The van der Waals surface area contributed by atoms with Gasteiger partial charge in [0.2, 0.25) is 5.39 Å². The first kappa shape index (κ1) is 11.0. The van der Waals surface area contributed by atoms with Gasteiger partial charge in [-0.1, -0.05) is 11.6 Å². The Morgan fingerprint density at radius 1 is 1.50 bits per heavy atom. The molecule has 0 aliphatic heterocycles. The number of nitrogens with two attached hydrogens (primary N) is 1. The maximum Gasteiger partial charge on any atom is 0.403 e. The highest BCUT2D eigenvalue weighted by molar-refractivity contribution is 6.33. The van der Waals surface area contributed by atoms with Gasteiger partial charge in [-0.3, -0.25) is 0 Å². The predicted octanol–water partition coefficient (Wildman–Crippen LogP) is -0.281. The molecule has 0 heterocycles. The molecule has 0 fully saturated rings. The zero-order valence-electron chi connectivity index (χ0n) is 6.38. The lowest BCUT2D eigenvalue weighted by Gasteiger charge is -1.95. The van der Waals surface area contributed by atoms with Crippen molar-refractivity contribution in [1.82, 2.24) is 0 Å². The molecule has 0 saturated carbocycles. The van der Waals surface area contributed by atoms with Crippen molar-refractivity contribution in [2.45, 2.75) is 6.92 Å². The van der Waals surface area contributed by atoms with E-state index in [0.717, 1.165) is 5.56 Å². The van der Waals surface area contributed by atoms with Crippen LogP contribution in [0.2, 0.25) is 5.02 Å². The van der Waals surface area contributed by atoms with Gasteiger partial charge in [-0.15, -0.1) is 0 Å². The molecule has 0 aromatic heterocycles. The van der Waals surface area contributed by atoms with Crippen molar-refractivity contribution < 1.29 is 12.4 Å². The highest BCUT2D eigenvalue weighted by Gasteiger charge is 2.12. The minimum absolute atomic E-state index is 0. The van der Waals surface area contributed by atoms with E-state index in [2.05, 4.69) is 4.98 Å². The summed E-state index contributed by atoms with van der Waals surface area (Å²) in [5, 5.41) is 8.79. The van der Waals surface area contributed by atoms with Crippen molar-refractivity contribution >= 4 is 23.0 Å². The largest absolute Gasteiger partial charge is 1.00 e. The zero-order chi connectivity index (χ0) is 8.43. The van der Waals surface area contributed by atoms with Crippen LogP contribution in [-0.4, -0.2) is 0 Å². The first-order valence-corrected chi connectivity index (χ1v) is 3.43. The van der Waals surface area contributed by atoms with Crippen molar-refractivity contribution in [2.24, 2.45) is 0 Å². The van der Waals surface area contributed by atoms with E-state index in [1.807, 2.05) is 6.92 Å². The van der Waals surface area contributed by atoms with Gasteiger partial charge >= 0.3 is 5.69 Å². The molecule has 5 heteroatoms. The lowest BCUT2D eigenvalue weighted by atomic mass is 10.2. The van der Waals surface area contributed by atoms with Crippen LogP contribution >= 0.6 is 11.6 Å². The Balaban J connectivity index is 0.00000121. The van der Waals surface area contributed by atoms with Gasteiger partial charge < -0.3 is 18.1 Å². The Labute approximate surface area is 81.6 Å². The fraction of sp³-hybridized carbons (Fsp3) is 0.143. The molecule has 0 unspecified atom stereocenters. The Hall–Kier alpha value is -0.980. The maximum atomic E-state index is 8.43. The van der Waals surface area contributed by atoms with Gasteiger partial charge in [-0.25, -0.2) is 0 Å². The van der Waals surface area contributed by atoms with Gasteiger partial charge in [-0.05, 0) is 18.6 Å². The summed E-state index contributed by atoms with van der Waals surface area (Å²) in [5.41, 5.74) is 7.33. The molecule has 0 aliphatic rings. The Kier molecular flexibility index (Phi) is 3.81. The number of anilines is 1. The fourth-order valence-electron chi connectivity index (χ4n) is 0.758. The van der Waals surface area contributed by atoms with Crippen molar-refractivity contribution in [1.29, 1.82) is 5.39 Å². The minimum Gasteiger partial charge on any atom is -1.00 e. The predicted molar refractivity (Wildman–Crippen MR) is 45.3 cm³/mol. The Morgan fingerprint density at radius 2 is 2.08 bits per heavy atom. The topological polar surface area (TPSA) is 54.2 Å². The summed E-state index contributed by atoms with van der Waals surface area (Å²) in [6.45, 7) is 1.82. The number of rotatable bonds is 0. The van der Waals surface area contributed by atoms with E-state index < -0.39 is 0 Å². The van der Waals surface area contributed by atoms with Crippen LogP contribution in [0.5, 0.6) is 0 Å². The van der Waals surface area contributed by atoms with Crippen LogP contribution in [-0.2, 0) is 0 Å². The molecule has 64 valence electrons. The molecule has 12 heavy (non-hydrogen) atoms. The summed E-state index contributed by atoms with van der Waals surface area (Å²) < 4.78 is 0. The molecule has 0 bridgehead atoms. The van der Waals surface area contributed by atoms with E-state index in [1.165, 1.54) is 0 Å². The number of diazo groups is 1. The van der Waals surface area contributed by atoms with Crippen LogP contribution < -0.4 is 18.1 Å². The molecular formula is C7H7Cl2N3. The second-order valence-electron chi connectivity index (χ2n) is 2.26. The highest BCUT2D eigenvalue weighted by Crippen LogP contribution is 2.29. The van der Waals surface area contributed by atoms with Gasteiger partial charge in [0.1, 0.15) is 5.02 Å². The SMILES string of the molecule is Cc1cc([N+]#N)c(Cl)cc1N.[Cl-]. The summed E-state index contributed by atoms with van der Waals surface area (Å²) in [5.74, 6) is 0. The van der Waals surface area contributed by atoms with E-state index in [0.29, 0.717) is 16.4 Å². The third-order valence-corrected chi connectivity index (χ3v) is 1.75. The molecule has 0 saturated heterocycles. The van der Waals surface area contributed by atoms with Crippen LogP contribution in [0.3, 0.4) is 0 Å². The third kappa shape index (κ3) is 2.00. The molecule has 0 radical (unpaired) electrons. The number of hydrogen-bond donors (Lipinski definition) is 1. The number of aryl methyl sites for hydroxylation is 1. The van der Waals surface area contributed by atoms with Crippen molar-refractivity contribution in [2.75, 3.05) is 5.73 Å². The van der Waals surface area contributed by atoms with Crippen LogP contribution in [0.15, 0.2) is 12.1 Å². The standard InChI is InChI=1S/C7H7ClN3.ClH/c1-4-2-7(11-10)5(8)3-6(4)9;/h2-3H,9H2,1H3;1H/q+1;/p-1. The van der Waals surface area contributed by atoms with Crippen molar-refractivity contribution in [3.8, 4) is 0 Å². The number of nitrogens with zero attached hydrogens (tertiary/aromatic N) is 2. The number of benzene rings is 1. The lowest BCUT2D eigenvalue weighted by Crippen LogP contribution is -3.00. The molecule has 0 aliphatic carbocycles. The maximum absolute atomic E-state index is 8.43. The van der Waals surface area contributed by atoms with E-state index in [-0.39, 0.29) is 12.4 Å². The molecule has 1 rings (SSSR count). The minimum atomic E-state index is 0. The van der Waals surface area contributed by atoms with Gasteiger partial charge in [0.05, 0.1) is 0 Å². The molecule has 0 amide bonds. The van der Waals surface area contributed by atoms with Gasteiger partial charge in [-0.2, -0.15) is 0 Å². The summed E-state index contributed by atoms with van der Waals surface area (Å²) in [7, 11) is 0. The van der Waals surface area contributed by atoms with Crippen LogP contribution in [0.1, 0.15) is 5.56 Å². The molecule has 0 spiro atoms. The average Bonchev–Trinajstić information content (AvgIpc) is 1.97. The number of halogens is 2. The lowest BCUT2D eigenvalue weighted by molar-refractivity contribution is -0.00000248. The fourth-order valence-corrected chi connectivity index (χ4v) is 0.968. The zero-order valence-corrected chi connectivity index (χ0v) is 7.89. The second kappa shape index (κ2) is 4.15. The molecule has 0 atom stereocenters. The molecule has 3 nitrogen and oxygen atoms in total. The summed E-state index contributed by atoms with van der Waals surface area (Å²) in [6, 6.07) is 3.18. The smallest absolute Gasteiger partial charge is 0.403 e. The molecule has 1 aromatic rings. The van der Waals surface area contributed by atoms with E-state index in [9.17, 15) is 0 Å². The third-order valence-electron chi connectivity index (χ3n) is 1.44. The average molecular weight is 204 g/mol. The van der Waals surface area contributed by atoms with E-state index in [4.69, 9.17) is 22.7 Å². The second-order valence-corrected chi connectivity index (χ2v) is 2.67. The first-order valence-electron chi connectivity index (χ1n) is 3.06. The van der Waals surface area contributed by atoms with Gasteiger partial charge in [0.15, 0.2) is 4.98 Å². The van der Waals surface area contributed by atoms with Crippen molar-refractivity contribution in [3.05, 3.63) is 27.7 Å². The number of nitrogen functional groups attached to an aromatic ring is 1. The molecule has 2 N–H and O–H groups in total. The van der Waals surface area contributed by atoms with Gasteiger partial charge in [0, 0.05) is 11.8 Å². The number of hydrogen-bond acceptors (Lipinski definition) is 2. The normalized spacial score (nSPS) is 8.42. The summed E-state index contributed by atoms with van der Waals surface area (Å²) in [6.07, 6.45) is 0. The molecule has 1 aromatic carbocycles. The monoisotopic (exact) mass is 203 g/mol. The van der Waals surface area contributed by atoms with E-state index >= 15 is 0 Å². The van der Waals surface area contributed by atoms with Crippen LogP contribution in [0, 0.1) is 12.3 Å². The van der Waals surface area contributed by atoms with E-state index in [1.54, 1.807) is 12.1 Å². The quantitative estimate of drug-likeness (QED) is 0.466. The first-order chi connectivity index (χ1) is 5.15. The van der Waals surface area contributed by atoms with Crippen molar-refractivity contribution in [3.63, 3.8) is 0 Å². The van der Waals surface area contributed by atoms with Crippen LogP contribution in [0.25, 0.3) is 4.98 Å². The summed E-state index contributed by atoms with van der Waals surface area (Å²) in [4.78, 5) is 2.98. The summed E-state index contributed by atoms with van der Waals surface area (Å²) >= 11 is 5.67. The van der Waals surface area contributed by atoms with Gasteiger partial charge in [0.25, 0.3) is 0 Å². The highest BCUT2D eigenvalue weighted by atomic mass is 35.5. The van der Waals surface area contributed by atoms with Crippen LogP contribution in [0.4, 0.5) is 11.4 Å². The Bertz CT molecular complexity index is 330. The molecular weight excluding hydrogens is 197 g/mol.